The Kier molecular flexibility index (Phi) is 6.70. The highest BCUT2D eigenvalue weighted by molar-refractivity contribution is 5.91. The zero-order valence-electron chi connectivity index (χ0n) is 22.5. The van der Waals surface area contributed by atoms with Crippen LogP contribution >= 0.6 is 0 Å². The normalized spacial score (nSPS) is 14.4. The molecule has 0 amide bonds. The fourth-order valence-electron chi connectivity index (χ4n) is 5.63. The largest absolute Gasteiger partial charge is 0.420 e. The number of aromatic amines is 1. The molecule has 7 nitrogen and oxygen atoms in total. The number of piperidine rings is 1. The van der Waals surface area contributed by atoms with Crippen molar-refractivity contribution in [3.8, 4) is 33.8 Å². The molecule has 1 saturated heterocycles. The minimum absolute atomic E-state index is 0.131. The van der Waals surface area contributed by atoms with E-state index >= 15 is 0 Å². The van der Waals surface area contributed by atoms with Crippen molar-refractivity contribution in [2.24, 2.45) is 0 Å². The van der Waals surface area contributed by atoms with Crippen molar-refractivity contribution in [3.63, 3.8) is 0 Å². The number of rotatable bonds is 6. The van der Waals surface area contributed by atoms with Crippen molar-refractivity contribution in [1.29, 1.82) is 0 Å². The van der Waals surface area contributed by atoms with Crippen molar-refractivity contribution in [2.75, 3.05) is 13.1 Å². The van der Waals surface area contributed by atoms with Crippen molar-refractivity contribution >= 4 is 10.9 Å². The van der Waals surface area contributed by atoms with Crippen LogP contribution in [0.15, 0.2) is 112 Å². The SMILES string of the molecule is O=c1[nH]ccc2nc(-c3ccc(CN4CCC(c5nnc(-c6ccccc6)o5)CC4)cc3)c(-c3ccccc3)cc12. The van der Waals surface area contributed by atoms with E-state index in [-0.39, 0.29) is 5.56 Å². The number of benzene rings is 3. The van der Waals surface area contributed by atoms with Gasteiger partial charge < -0.3 is 9.40 Å². The second kappa shape index (κ2) is 10.9. The van der Waals surface area contributed by atoms with Crippen molar-refractivity contribution in [1.82, 2.24) is 25.1 Å². The zero-order chi connectivity index (χ0) is 27.6. The predicted octanol–water partition coefficient (Wildman–Crippen LogP) is 6.69. The van der Waals surface area contributed by atoms with E-state index in [1.165, 1.54) is 5.56 Å². The minimum Gasteiger partial charge on any atom is -0.420 e. The monoisotopic (exact) mass is 539 g/mol. The maximum Gasteiger partial charge on any atom is 0.257 e. The van der Waals surface area contributed by atoms with Crippen LogP contribution in [0.5, 0.6) is 0 Å². The first-order valence-corrected chi connectivity index (χ1v) is 14.0. The van der Waals surface area contributed by atoms with Crippen molar-refractivity contribution in [3.05, 3.63) is 125 Å². The molecule has 0 unspecified atom stereocenters. The van der Waals surface area contributed by atoms with E-state index in [2.05, 4.69) is 56.5 Å². The Labute approximate surface area is 237 Å². The lowest BCUT2D eigenvalue weighted by Gasteiger charge is -2.30. The van der Waals surface area contributed by atoms with Gasteiger partial charge in [0.05, 0.1) is 16.6 Å². The predicted molar refractivity (Wildman–Crippen MR) is 160 cm³/mol. The third kappa shape index (κ3) is 5.19. The summed E-state index contributed by atoms with van der Waals surface area (Å²) >= 11 is 0. The van der Waals surface area contributed by atoms with Gasteiger partial charge in [-0.05, 0) is 61.3 Å². The summed E-state index contributed by atoms with van der Waals surface area (Å²) in [6.45, 7) is 2.85. The Morgan fingerprint density at radius 2 is 1.51 bits per heavy atom. The molecule has 0 bridgehead atoms. The first-order valence-electron chi connectivity index (χ1n) is 14.0. The van der Waals surface area contributed by atoms with E-state index in [4.69, 9.17) is 9.40 Å². The molecule has 1 aliphatic rings. The van der Waals surface area contributed by atoms with E-state index in [1.807, 2.05) is 60.7 Å². The summed E-state index contributed by atoms with van der Waals surface area (Å²) in [5.74, 6) is 1.62. The van der Waals surface area contributed by atoms with Crippen LogP contribution in [0.3, 0.4) is 0 Å². The van der Waals surface area contributed by atoms with Crippen molar-refractivity contribution < 1.29 is 4.42 Å². The number of nitrogens with one attached hydrogen (secondary N) is 1. The smallest absolute Gasteiger partial charge is 0.257 e. The number of aromatic nitrogens is 4. The molecule has 41 heavy (non-hydrogen) atoms. The number of pyridine rings is 2. The number of nitrogens with zero attached hydrogens (tertiary/aromatic N) is 4. The van der Waals surface area contributed by atoms with Gasteiger partial charge >= 0.3 is 0 Å². The molecule has 1 aliphatic heterocycles. The summed E-state index contributed by atoms with van der Waals surface area (Å²) in [4.78, 5) is 22.7. The second-order valence-corrected chi connectivity index (χ2v) is 10.5. The maximum absolute atomic E-state index is 12.5. The van der Waals surface area contributed by atoms with Crippen LogP contribution in [0.4, 0.5) is 0 Å². The second-order valence-electron chi connectivity index (χ2n) is 10.5. The van der Waals surface area contributed by atoms with Gasteiger partial charge in [0.25, 0.3) is 5.56 Å². The number of fused-ring (bicyclic) bond motifs is 1. The summed E-state index contributed by atoms with van der Waals surface area (Å²) in [5.41, 5.74) is 6.65. The zero-order valence-corrected chi connectivity index (χ0v) is 22.5. The average molecular weight is 540 g/mol. The summed E-state index contributed by atoms with van der Waals surface area (Å²) in [7, 11) is 0. The minimum atomic E-state index is -0.131. The molecule has 0 aliphatic carbocycles. The topological polar surface area (TPSA) is 87.9 Å². The summed E-state index contributed by atoms with van der Waals surface area (Å²) in [6, 6.07) is 32.5. The molecular formula is C34H29N5O2. The molecule has 4 heterocycles. The summed E-state index contributed by atoms with van der Waals surface area (Å²) in [6.07, 6.45) is 3.64. The van der Waals surface area contributed by atoms with Gasteiger partial charge in [0.2, 0.25) is 11.8 Å². The van der Waals surface area contributed by atoms with Crippen LogP contribution in [0.25, 0.3) is 44.7 Å². The van der Waals surface area contributed by atoms with E-state index < -0.39 is 0 Å². The lowest BCUT2D eigenvalue weighted by molar-refractivity contribution is 0.193. The van der Waals surface area contributed by atoms with Gasteiger partial charge in [0.1, 0.15) is 0 Å². The Morgan fingerprint density at radius 3 is 2.24 bits per heavy atom. The van der Waals surface area contributed by atoms with Crippen LogP contribution in [0, 0.1) is 0 Å². The van der Waals surface area contributed by atoms with Gasteiger partial charge in [-0.3, -0.25) is 9.69 Å². The number of hydrogen-bond donors (Lipinski definition) is 1. The standard InChI is InChI=1S/C34H29N5O2/c40-32-29-21-28(24-7-3-1-4-8-24)31(36-30(29)15-18-35-32)25-13-11-23(12-14-25)22-39-19-16-27(17-20-39)34-38-37-33(41-34)26-9-5-2-6-10-26/h1-15,18,21,27H,16-17,19-20,22H2,(H,35,40). The molecule has 202 valence electrons. The van der Waals surface area contributed by atoms with Gasteiger partial charge in [-0.1, -0.05) is 72.8 Å². The molecule has 0 spiro atoms. The number of hydrogen-bond acceptors (Lipinski definition) is 6. The molecule has 1 fully saturated rings. The Morgan fingerprint density at radius 1 is 0.805 bits per heavy atom. The van der Waals surface area contributed by atoms with E-state index in [0.717, 1.165) is 66.3 Å². The molecule has 0 saturated carbocycles. The van der Waals surface area contributed by atoms with Crippen LogP contribution in [-0.2, 0) is 6.54 Å². The van der Waals surface area contributed by atoms with E-state index in [0.29, 0.717) is 22.7 Å². The molecule has 7 rings (SSSR count). The van der Waals surface area contributed by atoms with Gasteiger partial charge in [0.15, 0.2) is 0 Å². The van der Waals surface area contributed by atoms with E-state index in [1.54, 1.807) is 6.20 Å². The highest BCUT2D eigenvalue weighted by Gasteiger charge is 2.25. The Hall–Kier alpha value is -4.88. The first kappa shape index (κ1) is 25.1. The molecule has 0 radical (unpaired) electrons. The molecular weight excluding hydrogens is 510 g/mol. The molecule has 3 aromatic carbocycles. The highest BCUT2D eigenvalue weighted by Crippen LogP contribution is 2.33. The fourth-order valence-corrected chi connectivity index (χ4v) is 5.63. The Bertz CT molecular complexity index is 1840. The fraction of sp³-hybridized carbons (Fsp3) is 0.176. The van der Waals surface area contributed by atoms with Gasteiger partial charge in [-0.25, -0.2) is 4.98 Å². The molecule has 7 heteroatoms. The first-order chi connectivity index (χ1) is 20.2. The lowest BCUT2D eigenvalue weighted by atomic mass is 9.95. The van der Waals surface area contributed by atoms with Gasteiger partial charge in [-0.15, -0.1) is 10.2 Å². The highest BCUT2D eigenvalue weighted by atomic mass is 16.4. The molecule has 1 N–H and O–H groups in total. The summed E-state index contributed by atoms with van der Waals surface area (Å²) in [5, 5.41) is 9.22. The van der Waals surface area contributed by atoms with Crippen LogP contribution in [0.1, 0.15) is 30.2 Å². The van der Waals surface area contributed by atoms with Crippen LogP contribution < -0.4 is 5.56 Å². The van der Waals surface area contributed by atoms with Crippen LogP contribution in [0.2, 0.25) is 0 Å². The lowest BCUT2D eigenvalue weighted by Crippen LogP contribution is -2.32. The molecule has 6 aromatic rings. The van der Waals surface area contributed by atoms with Gasteiger partial charge in [-0.2, -0.15) is 0 Å². The van der Waals surface area contributed by atoms with E-state index in [9.17, 15) is 4.79 Å². The maximum atomic E-state index is 12.5. The molecule has 0 atom stereocenters. The van der Waals surface area contributed by atoms with Crippen LogP contribution in [-0.4, -0.2) is 38.2 Å². The quantitative estimate of drug-likeness (QED) is 0.254. The Balaban J connectivity index is 1.06. The average Bonchev–Trinajstić information content (AvgIpc) is 3.53. The number of likely N-dealkylation sites (tertiary alicyclic amines) is 1. The molecule has 3 aromatic heterocycles. The summed E-state index contributed by atoms with van der Waals surface area (Å²) < 4.78 is 6.03. The number of H-pyrrole nitrogens is 1. The third-order valence-corrected chi connectivity index (χ3v) is 7.87. The van der Waals surface area contributed by atoms with Gasteiger partial charge in [0, 0.05) is 35.3 Å². The van der Waals surface area contributed by atoms with Crippen molar-refractivity contribution in [2.45, 2.75) is 25.3 Å². The third-order valence-electron chi connectivity index (χ3n) is 7.87.